The number of aryl methyl sites for hydroxylation is 1. The lowest BCUT2D eigenvalue weighted by Gasteiger charge is -2.12. The molecule has 0 saturated carbocycles. The van der Waals surface area contributed by atoms with Crippen LogP contribution in [0.25, 0.3) is 5.95 Å². The van der Waals surface area contributed by atoms with Gasteiger partial charge >= 0.3 is 0 Å². The van der Waals surface area contributed by atoms with Crippen LogP contribution < -0.4 is 5.32 Å². The molecule has 8 heteroatoms. The van der Waals surface area contributed by atoms with E-state index in [4.69, 9.17) is 0 Å². The van der Waals surface area contributed by atoms with Gasteiger partial charge in [-0.2, -0.15) is 14.8 Å². The molecule has 3 aromatic rings. The van der Waals surface area contributed by atoms with Crippen molar-refractivity contribution in [2.45, 2.75) is 19.8 Å². The molecule has 0 saturated heterocycles. The lowest BCUT2D eigenvalue weighted by molar-refractivity contribution is -0.119. The molecular weight excluding hydrogens is 323 g/mol. The van der Waals surface area contributed by atoms with Crippen molar-refractivity contribution in [3.63, 3.8) is 0 Å². The third kappa shape index (κ3) is 4.23. The summed E-state index contributed by atoms with van der Waals surface area (Å²) in [5.74, 6) is -0.0877. The van der Waals surface area contributed by atoms with Crippen LogP contribution in [-0.2, 0) is 11.2 Å². The Kier molecular flexibility index (Phi) is 5.08. The minimum Gasteiger partial charge on any atom is -0.294 e. The molecule has 128 valence electrons. The van der Waals surface area contributed by atoms with Crippen LogP contribution in [0.5, 0.6) is 0 Å². The zero-order valence-corrected chi connectivity index (χ0v) is 13.6. The highest BCUT2D eigenvalue weighted by molar-refractivity contribution is 5.90. The SMILES string of the molecule is CC(CCc1ccc(F)cc1)C(=O)Nc1ncnn1-c1ncccn1. The Morgan fingerprint density at radius 1 is 1.20 bits per heavy atom. The molecule has 7 nitrogen and oxygen atoms in total. The van der Waals surface area contributed by atoms with Gasteiger partial charge in [-0.05, 0) is 36.6 Å². The second-order valence-corrected chi connectivity index (χ2v) is 5.60. The smallest absolute Gasteiger partial charge is 0.253 e. The predicted molar refractivity (Wildman–Crippen MR) is 89.5 cm³/mol. The minimum absolute atomic E-state index is 0.174. The normalized spacial score (nSPS) is 11.9. The molecule has 0 bridgehead atoms. The molecule has 1 N–H and O–H groups in total. The van der Waals surface area contributed by atoms with Crippen molar-refractivity contribution in [3.05, 3.63) is 60.4 Å². The van der Waals surface area contributed by atoms with Gasteiger partial charge in [0, 0.05) is 18.3 Å². The first kappa shape index (κ1) is 16.7. The molecule has 0 radical (unpaired) electrons. The van der Waals surface area contributed by atoms with Crippen molar-refractivity contribution in [2.75, 3.05) is 5.32 Å². The van der Waals surface area contributed by atoms with Crippen molar-refractivity contribution in [1.29, 1.82) is 0 Å². The summed E-state index contributed by atoms with van der Waals surface area (Å²) < 4.78 is 14.3. The largest absolute Gasteiger partial charge is 0.294 e. The molecule has 0 fully saturated rings. The number of halogens is 1. The van der Waals surface area contributed by atoms with Crippen LogP contribution in [-0.4, -0.2) is 30.6 Å². The number of carbonyl (C=O) groups is 1. The number of hydrogen-bond donors (Lipinski definition) is 1. The van der Waals surface area contributed by atoms with Crippen LogP contribution in [0, 0.1) is 11.7 Å². The van der Waals surface area contributed by atoms with Crippen LogP contribution in [0.2, 0.25) is 0 Å². The Labute approximate surface area is 144 Å². The van der Waals surface area contributed by atoms with Gasteiger partial charge in [-0.15, -0.1) is 0 Å². The lowest BCUT2D eigenvalue weighted by Crippen LogP contribution is -2.23. The summed E-state index contributed by atoms with van der Waals surface area (Å²) in [5, 5.41) is 6.78. The summed E-state index contributed by atoms with van der Waals surface area (Å²) in [4.78, 5) is 24.6. The fourth-order valence-corrected chi connectivity index (χ4v) is 2.27. The molecule has 1 amide bonds. The number of nitrogens with one attached hydrogen (secondary N) is 1. The maximum absolute atomic E-state index is 12.9. The van der Waals surface area contributed by atoms with E-state index in [0.717, 1.165) is 5.56 Å². The van der Waals surface area contributed by atoms with Gasteiger partial charge in [0.25, 0.3) is 5.95 Å². The van der Waals surface area contributed by atoms with E-state index < -0.39 is 0 Å². The first-order valence-electron chi connectivity index (χ1n) is 7.86. The fraction of sp³-hybridized carbons (Fsp3) is 0.235. The summed E-state index contributed by atoms with van der Waals surface area (Å²) in [7, 11) is 0. The van der Waals surface area contributed by atoms with E-state index in [1.54, 1.807) is 30.6 Å². The van der Waals surface area contributed by atoms with Gasteiger partial charge in [0.1, 0.15) is 12.1 Å². The highest BCUT2D eigenvalue weighted by atomic mass is 19.1. The molecule has 1 aromatic carbocycles. The average Bonchev–Trinajstić information content (AvgIpc) is 3.09. The molecule has 0 aliphatic carbocycles. The fourth-order valence-electron chi connectivity index (χ4n) is 2.27. The molecule has 1 atom stereocenters. The highest BCUT2D eigenvalue weighted by Crippen LogP contribution is 2.14. The summed E-state index contributed by atoms with van der Waals surface area (Å²) in [6.07, 6.45) is 5.81. The third-order valence-electron chi connectivity index (χ3n) is 3.75. The quantitative estimate of drug-likeness (QED) is 0.745. The molecule has 0 spiro atoms. The van der Waals surface area contributed by atoms with Gasteiger partial charge in [0.15, 0.2) is 0 Å². The van der Waals surface area contributed by atoms with E-state index in [9.17, 15) is 9.18 Å². The van der Waals surface area contributed by atoms with Gasteiger partial charge in [-0.1, -0.05) is 19.1 Å². The van der Waals surface area contributed by atoms with E-state index in [1.807, 2.05) is 6.92 Å². The molecule has 1 unspecified atom stereocenters. The van der Waals surface area contributed by atoms with Gasteiger partial charge in [-0.25, -0.2) is 14.4 Å². The minimum atomic E-state index is -0.267. The molecule has 2 aromatic heterocycles. The van der Waals surface area contributed by atoms with Crippen LogP contribution in [0.1, 0.15) is 18.9 Å². The second-order valence-electron chi connectivity index (χ2n) is 5.60. The highest BCUT2D eigenvalue weighted by Gasteiger charge is 2.17. The van der Waals surface area contributed by atoms with E-state index in [-0.39, 0.29) is 23.6 Å². The Morgan fingerprint density at radius 2 is 1.92 bits per heavy atom. The third-order valence-corrected chi connectivity index (χ3v) is 3.75. The van der Waals surface area contributed by atoms with E-state index >= 15 is 0 Å². The molecular formula is C17H17FN6O. The van der Waals surface area contributed by atoms with E-state index in [2.05, 4.69) is 25.4 Å². The number of anilines is 1. The number of nitrogens with zero attached hydrogens (tertiary/aromatic N) is 5. The van der Waals surface area contributed by atoms with Gasteiger partial charge in [-0.3, -0.25) is 10.1 Å². The van der Waals surface area contributed by atoms with Crippen LogP contribution >= 0.6 is 0 Å². The summed E-state index contributed by atoms with van der Waals surface area (Å²) in [5.41, 5.74) is 0.988. The Morgan fingerprint density at radius 3 is 2.64 bits per heavy atom. The first-order valence-corrected chi connectivity index (χ1v) is 7.86. The van der Waals surface area contributed by atoms with Crippen LogP contribution in [0.3, 0.4) is 0 Å². The number of aromatic nitrogens is 5. The lowest BCUT2D eigenvalue weighted by atomic mass is 10.0. The summed E-state index contributed by atoms with van der Waals surface area (Å²) in [6.45, 7) is 1.83. The van der Waals surface area contributed by atoms with Crippen molar-refractivity contribution in [1.82, 2.24) is 24.7 Å². The number of amides is 1. The van der Waals surface area contributed by atoms with Gasteiger partial charge in [0.05, 0.1) is 0 Å². The van der Waals surface area contributed by atoms with Crippen molar-refractivity contribution >= 4 is 11.9 Å². The van der Waals surface area contributed by atoms with Gasteiger partial charge in [0.2, 0.25) is 11.9 Å². The van der Waals surface area contributed by atoms with Crippen LogP contribution in [0.15, 0.2) is 49.1 Å². The van der Waals surface area contributed by atoms with Crippen molar-refractivity contribution < 1.29 is 9.18 Å². The number of benzene rings is 1. The number of carbonyl (C=O) groups excluding carboxylic acids is 1. The Hall–Kier alpha value is -3.16. The maximum Gasteiger partial charge on any atom is 0.253 e. The topological polar surface area (TPSA) is 85.6 Å². The van der Waals surface area contributed by atoms with E-state index in [1.165, 1.54) is 23.1 Å². The molecule has 25 heavy (non-hydrogen) atoms. The zero-order valence-electron chi connectivity index (χ0n) is 13.6. The average molecular weight is 340 g/mol. The van der Waals surface area contributed by atoms with E-state index in [0.29, 0.717) is 18.8 Å². The van der Waals surface area contributed by atoms with Crippen LogP contribution in [0.4, 0.5) is 10.3 Å². The molecule has 0 aliphatic rings. The summed E-state index contributed by atoms with van der Waals surface area (Å²) >= 11 is 0. The first-order chi connectivity index (χ1) is 12.1. The number of hydrogen-bond acceptors (Lipinski definition) is 5. The van der Waals surface area contributed by atoms with Gasteiger partial charge < -0.3 is 0 Å². The standard InChI is InChI=1S/C17H17FN6O/c1-12(3-4-13-5-7-14(18)8-6-13)15(25)23-17-21-11-22-24(17)16-19-9-2-10-20-16/h2,5-12H,3-4H2,1H3,(H,21,22,23,25). The summed E-state index contributed by atoms with van der Waals surface area (Å²) in [6, 6.07) is 7.98. The Bertz CT molecular complexity index is 834. The van der Waals surface area contributed by atoms with Crippen molar-refractivity contribution in [2.24, 2.45) is 5.92 Å². The monoisotopic (exact) mass is 340 g/mol. The number of rotatable bonds is 6. The predicted octanol–water partition coefficient (Wildman–Crippen LogP) is 2.40. The molecule has 2 heterocycles. The Balaban J connectivity index is 1.60. The van der Waals surface area contributed by atoms with Crippen molar-refractivity contribution in [3.8, 4) is 5.95 Å². The molecule has 3 rings (SSSR count). The molecule has 0 aliphatic heterocycles. The maximum atomic E-state index is 12.9. The second kappa shape index (κ2) is 7.61. The zero-order chi connectivity index (χ0) is 17.6.